The summed E-state index contributed by atoms with van der Waals surface area (Å²) < 4.78 is 0. The molecular weight excluding hydrogens is 314 g/mol. The fraction of sp³-hybridized carbons (Fsp3) is 0.600. The summed E-state index contributed by atoms with van der Waals surface area (Å²) in [4.78, 5) is 31.4. The lowest BCUT2D eigenvalue weighted by molar-refractivity contribution is -0.135. The quantitative estimate of drug-likeness (QED) is 0.838. The van der Waals surface area contributed by atoms with Gasteiger partial charge in [0.05, 0.1) is 5.92 Å². The Morgan fingerprint density at radius 3 is 2.60 bits per heavy atom. The van der Waals surface area contributed by atoms with Gasteiger partial charge in [0.25, 0.3) is 0 Å². The van der Waals surface area contributed by atoms with Gasteiger partial charge in [-0.05, 0) is 24.8 Å². The first-order valence-corrected chi connectivity index (χ1v) is 9.55. The maximum absolute atomic E-state index is 12.9. The second-order valence-corrected chi connectivity index (χ2v) is 7.62. The van der Waals surface area contributed by atoms with Crippen LogP contribution in [0.25, 0.3) is 0 Å². The average Bonchev–Trinajstić information content (AvgIpc) is 3.42. The van der Waals surface area contributed by atoms with Crippen molar-refractivity contribution >= 4 is 11.8 Å². The molecule has 0 spiro atoms. The molecule has 0 bridgehead atoms. The minimum absolute atomic E-state index is 0.117. The zero-order valence-corrected chi connectivity index (χ0v) is 14.8. The highest BCUT2D eigenvalue weighted by atomic mass is 16.2. The van der Waals surface area contributed by atoms with E-state index in [1.54, 1.807) is 0 Å². The lowest BCUT2D eigenvalue weighted by atomic mass is 10.1. The number of hydrogen-bond acceptors (Lipinski definition) is 3. The third-order valence-corrected chi connectivity index (χ3v) is 5.64. The number of nitrogens with zero attached hydrogens (tertiary/aromatic N) is 3. The smallest absolute Gasteiger partial charge is 0.228 e. The average molecular weight is 341 g/mol. The number of likely N-dealkylation sites (tertiary alicyclic amines) is 1. The predicted octanol–water partition coefficient (Wildman–Crippen LogP) is 1.73. The van der Waals surface area contributed by atoms with Gasteiger partial charge in [-0.15, -0.1) is 0 Å². The van der Waals surface area contributed by atoms with E-state index in [1.807, 2.05) is 15.9 Å². The lowest BCUT2D eigenvalue weighted by Crippen LogP contribution is -2.40. The van der Waals surface area contributed by atoms with E-state index in [4.69, 9.17) is 0 Å². The molecule has 5 heteroatoms. The summed E-state index contributed by atoms with van der Waals surface area (Å²) in [5, 5.41) is 0. The topological polar surface area (TPSA) is 43.9 Å². The molecule has 134 valence electrons. The number of amides is 2. The SMILES string of the molecule is O=C(C1CC(=O)N(C2CC2)C1)N1CCCN(Cc2ccccc2)CC1. The summed E-state index contributed by atoms with van der Waals surface area (Å²) in [6.07, 6.45) is 3.65. The third kappa shape index (κ3) is 3.87. The van der Waals surface area contributed by atoms with E-state index in [-0.39, 0.29) is 17.7 Å². The lowest BCUT2D eigenvalue weighted by Gasteiger charge is -2.24. The molecular formula is C20H27N3O2. The Morgan fingerprint density at radius 1 is 1.04 bits per heavy atom. The van der Waals surface area contributed by atoms with Crippen LogP contribution in [-0.4, -0.2) is 65.3 Å². The molecule has 0 aromatic heterocycles. The first-order chi connectivity index (χ1) is 12.2. The largest absolute Gasteiger partial charge is 0.341 e. The normalized spacial score (nSPS) is 25.3. The first-order valence-electron chi connectivity index (χ1n) is 9.55. The van der Waals surface area contributed by atoms with Crippen molar-refractivity contribution < 1.29 is 9.59 Å². The van der Waals surface area contributed by atoms with Gasteiger partial charge in [0, 0.05) is 51.7 Å². The molecule has 1 saturated carbocycles. The van der Waals surface area contributed by atoms with Crippen molar-refractivity contribution in [3.8, 4) is 0 Å². The number of carbonyl (C=O) groups excluding carboxylic acids is 2. The second-order valence-electron chi connectivity index (χ2n) is 7.62. The van der Waals surface area contributed by atoms with Crippen LogP contribution in [0.1, 0.15) is 31.2 Å². The first kappa shape index (κ1) is 16.6. The van der Waals surface area contributed by atoms with Crippen LogP contribution in [-0.2, 0) is 16.1 Å². The van der Waals surface area contributed by atoms with Crippen LogP contribution in [0.4, 0.5) is 0 Å². The molecule has 1 aromatic rings. The summed E-state index contributed by atoms with van der Waals surface area (Å²) in [6, 6.07) is 10.9. The van der Waals surface area contributed by atoms with E-state index in [2.05, 4.69) is 29.2 Å². The Balaban J connectivity index is 1.31. The van der Waals surface area contributed by atoms with Crippen LogP contribution in [0.15, 0.2) is 30.3 Å². The molecule has 3 aliphatic rings. The molecule has 2 heterocycles. The number of rotatable bonds is 4. The van der Waals surface area contributed by atoms with Gasteiger partial charge in [-0.1, -0.05) is 30.3 Å². The Kier molecular flexibility index (Phi) is 4.75. The highest BCUT2D eigenvalue weighted by Crippen LogP contribution is 2.33. The Morgan fingerprint density at radius 2 is 1.84 bits per heavy atom. The molecule has 5 nitrogen and oxygen atoms in total. The molecule has 1 unspecified atom stereocenters. The molecule has 1 aromatic carbocycles. The van der Waals surface area contributed by atoms with Crippen molar-refractivity contribution in [1.82, 2.24) is 14.7 Å². The van der Waals surface area contributed by atoms with E-state index in [9.17, 15) is 9.59 Å². The van der Waals surface area contributed by atoms with Crippen LogP contribution in [0.3, 0.4) is 0 Å². The maximum Gasteiger partial charge on any atom is 0.228 e. The van der Waals surface area contributed by atoms with E-state index >= 15 is 0 Å². The predicted molar refractivity (Wildman–Crippen MR) is 95.8 cm³/mol. The standard InChI is InChI=1S/C20H27N3O2/c24-19-13-17(15-23(19)18-7-8-18)20(25)22-10-4-9-21(11-12-22)14-16-5-2-1-3-6-16/h1-3,5-6,17-18H,4,7-15H2. The van der Waals surface area contributed by atoms with Gasteiger partial charge in [0.1, 0.15) is 0 Å². The van der Waals surface area contributed by atoms with Gasteiger partial charge in [-0.25, -0.2) is 0 Å². The summed E-state index contributed by atoms with van der Waals surface area (Å²) in [7, 11) is 0. The van der Waals surface area contributed by atoms with E-state index in [0.29, 0.717) is 19.0 Å². The van der Waals surface area contributed by atoms with Crippen LogP contribution in [0.2, 0.25) is 0 Å². The van der Waals surface area contributed by atoms with Crippen molar-refractivity contribution in [2.75, 3.05) is 32.7 Å². The van der Waals surface area contributed by atoms with Crippen LogP contribution in [0, 0.1) is 5.92 Å². The van der Waals surface area contributed by atoms with Gasteiger partial charge in [-0.3, -0.25) is 14.5 Å². The van der Waals surface area contributed by atoms with Crippen molar-refractivity contribution in [1.29, 1.82) is 0 Å². The summed E-state index contributed by atoms with van der Waals surface area (Å²) >= 11 is 0. The fourth-order valence-electron chi connectivity index (χ4n) is 4.09. The van der Waals surface area contributed by atoms with E-state index in [1.165, 1.54) is 5.56 Å². The zero-order valence-electron chi connectivity index (χ0n) is 14.8. The van der Waals surface area contributed by atoms with Crippen LogP contribution >= 0.6 is 0 Å². The van der Waals surface area contributed by atoms with Crippen molar-refractivity contribution in [2.45, 2.75) is 38.3 Å². The van der Waals surface area contributed by atoms with Gasteiger partial charge in [-0.2, -0.15) is 0 Å². The molecule has 3 fully saturated rings. The molecule has 25 heavy (non-hydrogen) atoms. The fourth-order valence-corrected chi connectivity index (χ4v) is 4.09. The molecule has 1 aliphatic carbocycles. The minimum atomic E-state index is -0.117. The molecule has 0 radical (unpaired) electrons. The van der Waals surface area contributed by atoms with E-state index < -0.39 is 0 Å². The van der Waals surface area contributed by atoms with E-state index in [0.717, 1.165) is 52.0 Å². The van der Waals surface area contributed by atoms with Gasteiger partial charge in [0.2, 0.25) is 11.8 Å². The summed E-state index contributed by atoms with van der Waals surface area (Å²) in [5.41, 5.74) is 1.32. The van der Waals surface area contributed by atoms with Gasteiger partial charge in [0.15, 0.2) is 0 Å². The van der Waals surface area contributed by atoms with Crippen molar-refractivity contribution in [3.63, 3.8) is 0 Å². The highest BCUT2D eigenvalue weighted by molar-refractivity contribution is 5.89. The maximum atomic E-state index is 12.9. The molecule has 1 atom stereocenters. The second kappa shape index (κ2) is 7.16. The van der Waals surface area contributed by atoms with Crippen molar-refractivity contribution in [2.24, 2.45) is 5.92 Å². The molecule has 2 aliphatic heterocycles. The summed E-state index contributed by atoms with van der Waals surface area (Å²) in [6.45, 7) is 5.12. The minimum Gasteiger partial charge on any atom is -0.341 e. The Labute approximate surface area is 149 Å². The van der Waals surface area contributed by atoms with Crippen LogP contribution < -0.4 is 0 Å². The van der Waals surface area contributed by atoms with Crippen LogP contribution in [0.5, 0.6) is 0 Å². The monoisotopic (exact) mass is 341 g/mol. The van der Waals surface area contributed by atoms with Crippen molar-refractivity contribution in [3.05, 3.63) is 35.9 Å². The highest BCUT2D eigenvalue weighted by Gasteiger charge is 2.42. The molecule has 2 saturated heterocycles. The summed E-state index contributed by atoms with van der Waals surface area (Å²) in [5.74, 6) is 0.258. The molecule has 0 N–H and O–H groups in total. The Hall–Kier alpha value is -1.88. The molecule has 2 amide bonds. The Bertz CT molecular complexity index is 629. The number of benzene rings is 1. The third-order valence-electron chi connectivity index (χ3n) is 5.64. The number of hydrogen-bond donors (Lipinski definition) is 0. The van der Waals surface area contributed by atoms with Gasteiger partial charge < -0.3 is 9.80 Å². The number of carbonyl (C=O) groups is 2. The molecule has 4 rings (SSSR count). The van der Waals surface area contributed by atoms with Gasteiger partial charge >= 0.3 is 0 Å². The zero-order chi connectivity index (χ0) is 17.2.